The zero-order valence-corrected chi connectivity index (χ0v) is 9.71. The Kier molecular flexibility index (Phi) is 1.92. The Hall–Kier alpha value is -1.29. The molecule has 0 bridgehead atoms. The molecule has 2 heterocycles. The number of H-pyrrole nitrogens is 1. The van der Waals surface area contributed by atoms with Gasteiger partial charge in [0.25, 0.3) is 0 Å². The van der Waals surface area contributed by atoms with Crippen LogP contribution < -0.4 is 5.73 Å². The van der Waals surface area contributed by atoms with Gasteiger partial charge in [0.15, 0.2) is 5.58 Å². The monoisotopic (exact) mass is 219 g/mol. The van der Waals surface area contributed by atoms with E-state index in [1.165, 1.54) is 0 Å². The highest BCUT2D eigenvalue weighted by Crippen LogP contribution is 2.49. The lowest BCUT2D eigenvalue weighted by Crippen LogP contribution is -2.20. The molecule has 4 heteroatoms. The van der Waals surface area contributed by atoms with Gasteiger partial charge in [-0.25, -0.2) is 0 Å². The molecule has 3 rings (SSSR count). The average Bonchev–Trinajstić information content (AvgIpc) is 2.76. The normalized spacial score (nSPS) is 18.5. The van der Waals surface area contributed by atoms with Gasteiger partial charge < -0.3 is 10.2 Å². The fourth-order valence-corrected chi connectivity index (χ4v) is 2.18. The lowest BCUT2D eigenvalue weighted by atomic mass is 10.0. The summed E-state index contributed by atoms with van der Waals surface area (Å²) in [5.41, 5.74) is 8.87. The van der Waals surface area contributed by atoms with Crippen LogP contribution in [-0.2, 0) is 5.41 Å². The van der Waals surface area contributed by atoms with Crippen LogP contribution in [0.25, 0.3) is 11.1 Å². The van der Waals surface area contributed by atoms with Gasteiger partial charge in [-0.15, -0.1) is 0 Å². The number of hydrogen-bond acceptors (Lipinski definition) is 3. The zero-order valence-electron chi connectivity index (χ0n) is 9.71. The molecule has 86 valence electrons. The summed E-state index contributed by atoms with van der Waals surface area (Å²) in [6.45, 7) is 4.91. The first-order chi connectivity index (χ1) is 7.66. The maximum atomic E-state index is 5.88. The molecule has 1 fully saturated rings. The lowest BCUT2D eigenvalue weighted by Gasteiger charge is -2.08. The molecule has 0 aliphatic heterocycles. The van der Waals surface area contributed by atoms with Crippen molar-refractivity contribution in [1.82, 2.24) is 10.2 Å². The standard InChI is InChI=1S/C12H17N3O/c1-7(2)9-5-8-10(16-9)11(15-14-8)12(6-13)3-4-12/h5,7H,3-4,6,13H2,1-2H3,(H,14,15). The van der Waals surface area contributed by atoms with Crippen LogP contribution in [0.15, 0.2) is 10.5 Å². The second kappa shape index (κ2) is 3.10. The fraction of sp³-hybridized carbons (Fsp3) is 0.583. The predicted octanol–water partition coefficient (Wildman–Crippen LogP) is 2.27. The summed E-state index contributed by atoms with van der Waals surface area (Å²) in [6.07, 6.45) is 2.27. The van der Waals surface area contributed by atoms with E-state index < -0.39 is 0 Å². The van der Waals surface area contributed by atoms with Crippen LogP contribution in [0.1, 0.15) is 44.1 Å². The van der Waals surface area contributed by atoms with E-state index in [2.05, 4.69) is 24.0 Å². The van der Waals surface area contributed by atoms with Crippen LogP contribution in [0, 0.1) is 0 Å². The molecule has 0 unspecified atom stereocenters. The minimum Gasteiger partial charge on any atom is -0.457 e. The molecule has 2 aromatic heterocycles. The van der Waals surface area contributed by atoms with Gasteiger partial charge >= 0.3 is 0 Å². The van der Waals surface area contributed by atoms with E-state index in [-0.39, 0.29) is 5.41 Å². The molecule has 0 aromatic carbocycles. The first kappa shape index (κ1) is 9.90. The number of fused-ring (bicyclic) bond motifs is 1. The summed E-state index contributed by atoms with van der Waals surface area (Å²) in [7, 11) is 0. The third-order valence-corrected chi connectivity index (χ3v) is 3.59. The molecule has 1 aliphatic carbocycles. The van der Waals surface area contributed by atoms with E-state index >= 15 is 0 Å². The van der Waals surface area contributed by atoms with Crippen molar-refractivity contribution in [3.05, 3.63) is 17.5 Å². The molecular formula is C12H17N3O. The van der Waals surface area contributed by atoms with Crippen LogP contribution in [0.2, 0.25) is 0 Å². The number of rotatable bonds is 3. The molecule has 1 saturated carbocycles. The highest BCUT2D eigenvalue weighted by molar-refractivity contribution is 5.77. The zero-order chi connectivity index (χ0) is 11.3. The highest BCUT2D eigenvalue weighted by Gasteiger charge is 2.46. The van der Waals surface area contributed by atoms with Crippen LogP contribution in [0.4, 0.5) is 0 Å². The largest absolute Gasteiger partial charge is 0.457 e. The number of nitrogens with two attached hydrogens (primary N) is 1. The SMILES string of the molecule is CC(C)c1cc2n[nH]c(C3(CN)CC3)c2o1. The van der Waals surface area contributed by atoms with Crippen molar-refractivity contribution in [2.24, 2.45) is 5.73 Å². The summed E-state index contributed by atoms with van der Waals surface area (Å²) >= 11 is 0. The van der Waals surface area contributed by atoms with Crippen molar-refractivity contribution in [3.8, 4) is 0 Å². The molecule has 0 atom stereocenters. The lowest BCUT2D eigenvalue weighted by molar-refractivity contribution is 0.512. The van der Waals surface area contributed by atoms with Crippen LogP contribution in [0.5, 0.6) is 0 Å². The number of nitrogens with zero attached hydrogens (tertiary/aromatic N) is 1. The van der Waals surface area contributed by atoms with E-state index in [9.17, 15) is 0 Å². The van der Waals surface area contributed by atoms with Gasteiger partial charge in [0, 0.05) is 23.9 Å². The Morgan fingerprint density at radius 3 is 2.88 bits per heavy atom. The Morgan fingerprint density at radius 2 is 2.31 bits per heavy atom. The average molecular weight is 219 g/mol. The van der Waals surface area contributed by atoms with E-state index in [4.69, 9.17) is 10.2 Å². The quantitative estimate of drug-likeness (QED) is 0.832. The van der Waals surface area contributed by atoms with E-state index in [0.29, 0.717) is 12.5 Å². The van der Waals surface area contributed by atoms with Crippen LogP contribution in [0.3, 0.4) is 0 Å². The van der Waals surface area contributed by atoms with Gasteiger partial charge in [0.05, 0.1) is 5.69 Å². The predicted molar refractivity (Wildman–Crippen MR) is 62.4 cm³/mol. The van der Waals surface area contributed by atoms with Gasteiger partial charge in [-0.3, -0.25) is 5.10 Å². The second-order valence-corrected chi connectivity index (χ2v) is 5.10. The highest BCUT2D eigenvalue weighted by atomic mass is 16.3. The molecular weight excluding hydrogens is 202 g/mol. The third kappa shape index (κ3) is 1.23. The number of furan rings is 1. The summed E-state index contributed by atoms with van der Waals surface area (Å²) in [4.78, 5) is 0. The van der Waals surface area contributed by atoms with Gasteiger partial charge in [-0.05, 0) is 12.8 Å². The van der Waals surface area contributed by atoms with Crippen molar-refractivity contribution in [2.75, 3.05) is 6.54 Å². The van der Waals surface area contributed by atoms with Crippen molar-refractivity contribution in [1.29, 1.82) is 0 Å². The van der Waals surface area contributed by atoms with Gasteiger partial charge in [-0.2, -0.15) is 5.10 Å². The molecule has 0 saturated heterocycles. The van der Waals surface area contributed by atoms with Crippen molar-refractivity contribution in [3.63, 3.8) is 0 Å². The van der Waals surface area contributed by atoms with Crippen LogP contribution in [-0.4, -0.2) is 16.7 Å². The Labute approximate surface area is 94.2 Å². The van der Waals surface area contributed by atoms with Gasteiger partial charge in [0.2, 0.25) is 0 Å². The third-order valence-electron chi connectivity index (χ3n) is 3.59. The summed E-state index contributed by atoms with van der Waals surface area (Å²) in [5, 5.41) is 7.39. The molecule has 1 aliphatic rings. The molecule has 16 heavy (non-hydrogen) atoms. The first-order valence-corrected chi connectivity index (χ1v) is 5.85. The van der Waals surface area contributed by atoms with E-state index in [0.717, 1.165) is 35.4 Å². The smallest absolute Gasteiger partial charge is 0.175 e. The fourth-order valence-electron chi connectivity index (χ4n) is 2.18. The van der Waals surface area contributed by atoms with Gasteiger partial charge in [0.1, 0.15) is 11.3 Å². The Morgan fingerprint density at radius 1 is 1.56 bits per heavy atom. The maximum absolute atomic E-state index is 5.88. The number of aromatic amines is 1. The molecule has 4 nitrogen and oxygen atoms in total. The topological polar surface area (TPSA) is 67.8 Å². The minimum absolute atomic E-state index is 0.112. The summed E-state index contributed by atoms with van der Waals surface area (Å²) in [5.74, 6) is 1.40. The molecule has 3 N–H and O–H groups in total. The number of aromatic nitrogens is 2. The number of nitrogens with one attached hydrogen (secondary N) is 1. The van der Waals surface area contributed by atoms with Crippen molar-refractivity contribution >= 4 is 11.1 Å². The summed E-state index contributed by atoms with van der Waals surface area (Å²) < 4.78 is 5.88. The molecule has 2 aromatic rings. The second-order valence-electron chi connectivity index (χ2n) is 5.10. The minimum atomic E-state index is 0.112. The van der Waals surface area contributed by atoms with Crippen LogP contribution >= 0.6 is 0 Å². The Balaban J connectivity index is 2.12. The van der Waals surface area contributed by atoms with E-state index in [1.54, 1.807) is 0 Å². The maximum Gasteiger partial charge on any atom is 0.175 e. The first-order valence-electron chi connectivity index (χ1n) is 5.85. The summed E-state index contributed by atoms with van der Waals surface area (Å²) in [6, 6.07) is 2.02. The molecule has 0 spiro atoms. The molecule has 0 radical (unpaired) electrons. The van der Waals surface area contributed by atoms with Crippen molar-refractivity contribution in [2.45, 2.75) is 38.0 Å². The van der Waals surface area contributed by atoms with E-state index in [1.807, 2.05) is 6.07 Å². The Bertz CT molecular complexity index is 519. The van der Waals surface area contributed by atoms with Gasteiger partial charge in [-0.1, -0.05) is 13.8 Å². The molecule has 0 amide bonds. The van der Waals surface area contributed by atoms with Crippen molar-refractivity contribution < 1.29 is 4.42 Å². The number of hydrogen-bond donors (Lipinski definition) is 2.